The first kappa shape index (κ1) is 18.8. The lowest BCUT2D eigenvalue weighted by atomic mass is 10.1. The molecule has 1 fully saturated rings. The van der Waals surface area contributed by atoms with Crippen LogP contribution in [0.3, 0.4) is 0 Å². The van der Waals surface area contributed by atoms with Crippen LogP contribution in [0.25, 0.3) is 10.9 Å². The number of aromatic nitrogens is 1. The first-order valence-electron chi connectivity index (χ1n) is 9.17. The van der Waals surface area contributed by atoms with E-state index in [1.807, 2.05) is 25.1 Å². The van der Waals surface area contributed by atoms with Gasteiger partial charge in [-0.15, -0.1) is 0 Å². The van der Waals surface area contributed by atoms with Gasteiger partial charge in [-0.1, -0.05) is 12.1 Å². The van der Waals surface area contributed by atoms with Gasteiger partial charge < -0.3 is 25.3 Å². The molecule has 0 radical (unpaired) electrons. The van der Waals surface area contributed by atoms with Gasteiger partial charge in [-0.05, 0) is 48.6 Å². The van der Waals surface area contributed by atoms with Crippen LogP contribution in [-0.4, -0.2) is 56.0 Å². The quantitative estimate of drug-likeness (QED) is 0.525. The molecule has 1 aromatic carbocycles. The van der Waals surface area contributed by atoms with Gasteiger partial charge in [0.15, 0.2) is 5.11 Å². The van der Waals surface area contributed by atoms with E-state index in [0.717, 1.165) is 61.4 Å². The second-order valence-electron chi connectivity index (χ2n) is 6.76. The van der Waals surface area contributed by atoms with Crippen molar-refractivity contribution in [1.82, 2.24) is 15.6 Å². The number of H-pyrrole nitrogens is 1. The molecule has 1 aromatic heterocycles. The van der Waals surface area contributed by atoms with Crippen molar-refractivity contribution in [2.75, 3.05) is 45.9 Å². The van der Waals surface area contributed by atoms with Crippen LogP contribution in [-0.2, 0) is 11.2 Å². The Morgan fingerprint density at radius 2 is 2.00 bits per heavy atom. The van der Waals surface area contributed by atoms with Gasteiger partial charge in [0.2, 0.25) is 0 Å². The summed E-state index contributed by atoms with van der Waals surface area (Å²) in [6.45, 7) is 8.35. The Labute approximate surface area is 158 Å². The second kappa shape index (κ2) is 9.12. The van der Waals surface area contributed by atoms with Crippen molar-refractivity contribution < 1.29 is 9.64 Å². The zero-order valence-corrected chi connectivity index (χ0v) is 16.0. The number of rotatable bonds is 6. The highest BCUT2D eigenvalue weighted by molar-refractivity contribution is 7.80. The van der Waals surface area contributed by atoms with Gasteiger partial charge in [0.25, 0.3) is 5.56 Å². The van der Waals surface area contributed by atoms with Crippen LogP contribution in [0, 0.1) is 6.92 Å². The molecule has 1 saturated heterocycles. The van der Waals surface area contributed by atoms with Crippen molar-refractivity contribution >= 4 is 28.2 Å². The largest absolute Gasteiger partial charge is 0.370 e. The minimum atomic E-state index is -0.0281. The number of aromatic amines is 1. The van der Waals surface area contributed by atoms with Gasteiger partial charge >= 0.3 is 0 Å². The molecule has 26 heavy (non-hydrogen) atoms. The Kier molecular flexibility index (Phi) is 6.60. The molecule has 0 saturated carbocycles. The van der Waals surface area contributed by atoms with Gasteiger partial charge in [0.1, 0.15) is 13.1 Å². The summed E-state index contributed by atoms with van der Waals surface area (Å²) in [5.41, 5.74) is 2.77. The fraction of sp³-hybridized carbons (Fsp3) is 0.474. The van der Waals surface area contributed by atoms with Crippen molar-refractivity contribution in [3.63, 3.8) is 0 Å². The molecule has 1 aliphatic rings. The molecule has 2 heterocycles. The molecule has 2 aromatic rings. The summed E-state index contributed by atoms with van der Waals surface area (Å²) in [4.78, 5) is 16.7. The van der Waals surface area contributed by atoms with Crippen LogP contribution < -0.4 is 21.1 Å². The van der Waals surface area contributed by atoms with Gasteiger partial charge in [-0.3, -0.25) is 4.79 Å². The Balaban J connectivity index is 1.43. The van der Waals surface area contributed by atoms with Gasteiger partial charge in [-0.25, -0.2) is 0 Å². The van der Waals surface area contributed by atoms with E-state index in [4.69, 9.17) is 17.0 Å². The standard InChI is InChI=1S/C19H26N4O2S/c1-14-2-3-15-13-16(18(24)22-17(15)12-14)4-5-20-19(26)21-6-7-23-8-10-25-11-9-23/h2-3,12-13H,4-11H2,1H3,(H,22,24)(H2,20,21,26)/p+1. The third kappa shape index (κ3) is 5.27. The molecule has 0 spiro atoms. The van der Waals surface area contributed by atoms with Crippen LogP contribution in [0.5, 0.6) is 0 Å². The number of aryl methyl sites for hydroxylation is 1. The minimum Gasteiger partial charge on any atom is -0.370 e. The van der Waals surface area contributed by atoms with Crippen molar-refractivity contribution in [3.8, 4) is 0 Å². The number of benzene rings is 1. The monoisotopic (exact) mass is 375 g/mol. The third-order valence-electron chi connectivity index (χ3n) is 4.72. The highest BCUT2D eigenvalue weighted by Crippen LogP contribution is 2.13. The molecule has 7 heteroatoms. The highest BCUT2D eigenvalue weighted by Gasteiger charge is 2.12. The predicted octanol–water partition coefficient (Wildman–Crippen LogP) is -0.242. The average Bonchev–Trinajstić information content (AvgIpc) is 2.63. The fourth-order valence-electron chi connectivity index (χ4n) is 3.18. The molecule has 0 bridgehead atoms. The summed E-state index contributed by atoms with van der Waals surface area (Å²) < 4.78 is 5.36. The van der Waals surface area contributed by atoms with E-state index >= 15 is 0 Å². The number of ether oxygens (including phenoxy) is 1. The van der Waals surface area contributed by atoms with E-state index in [1.54, 1.807) is 4.90 Å². The van der Waals surface area contributed by atoms with Crippen molar-refractivity contribution in [1.29, 1.82) is 0 Å². The van der Waals surface area contributed by atoms with E-state index in [1.165, 1.54) is 0 Å². The fourth-order valence-corrected chi connectivity index (χ4v) is 3.39. The summed E-state index contributed by atoms with van der Waals surface area (Å²) >= 11 is 5.32. The van der Waals surface area contributed by atoms with Gasteiger partial charge in [0, 0.05) is 17.6 Å². The molecule has 0 amide bonds. The zero-order chi connectivity index (χ0) is 18.4. The van der Waals surface area contributed by atoms with E-state index < -0.39 is 0 Å². The van der Waals surface area contributed by atoms with E-state index in [-0.39, 0.29) is 5.56 Å². The molecular formula is C19H27N4O2S+. The summed E-state index contributed by atoms with van der Waals surface area (Å²) in [7, 11) is 0. The predicted molar refractivity (Wildman–Crippen MR) is 108 cm³/mol. The first-order valence-corrected chi connectivity index (χ1v) is 9.58. The maximum absolute atomic E-state index is 12.2. The van der Waals surface area contributed by atoms with Gasteiger partial charge in [-0.2, -0.15) is 0 Å². The number of hydrogen-bond donors (Lipinski definition) is 4. The van der Waals surface area contributed by atoms with Crippen LogP contribution in [0.1, 0.15) is 11.1 Å². The number of nitrogens with one attached hydrogen (secondary N) is 4. The second-order valence-corrected chi connectivity index (χ2v) is 7.17. The average molecular weight is 376 g/mol. The maximum atomic E-state index is 12.2. The number of thiocarbonyl (C=S) groups is 1. The Morgan fingerprint density at radius 1 is 1.23 bits per heavy atom. The van der Waals surface area contributed by atoms with Crippen molar-refractivity contribution in [2.45, 2.75) is 13.3 Å². The summed E-state index contributed by atoms with van der Waals surface area (Å²) in [6.07, 6.45) is 0.635. The molecule has 4 N–H and O–H groups in total. The lowest BCUT2D eigenvalue weighted by molar-refractivity contribution is -0.906. The van der Waals surface area contributed by atoms with E-state index in [2.05, 4.69) is 21.7 Å². The molecule has 0 unspecified atom stereocenters. The van der Waals surface area contributed by atoms with E-state index in [0.29, 0.717) is 18.1 Å². The first-order chi connectivity index (χ1) is 12.6. The zero-order valence-electron chi connectivity index (χ0n) is 15.2. The van der Waals surface area contributed by atoms with Crippen molar-refractivity contribution in [2.24, 2.45) is 0 Å². The Bertz CT molecular complexity index is 815. The van der Waals surface area contributed by atoms with Crippen molar-refractivity contribution in [3.05, 3.63) is 45.7 Å². The lowest BCUT2D eigenvalue weighted by Crippen LogP contribution is -3.14. The van der Waals surface area contributed by atoms with Gasteiger partial charge in [0.05, 0.1) is 26.3 Å². The maximum Gasteiger partial charge on any atom is 0.251 e. The summed E-state index contributed by atoms with van der Waals surface area (Å²) in [5, 5.41) is 8.13. The Morgan fingerprint density at radius 3 is 2.81 bits per heavy atom. The molecule has 1 aliphatic heterocycles. The number of pyridine rings is 1. The topological polar surface area (TPSA) is 70.6 Å². The number of fused-ring (bicyclic) bond motifs is 1. The smallest absolute Gasteiger partial charge is 0.251 e. The summed E-state index contributed by atoms with van der Waals surface area (Å²) in [5.74, 6) is 0. The minimum absolute atomic E-state index is 0.0281. The molecule has 3 rings (SSSR count). The van der Waals surface area contributed by atoms with Crippen LogP contribution >= 0.6 is 12.2 Å². The molecular weight excluding hydrogens is 348 g/mol. The molecule has 140 valence electrons. The Hall–Kier alpha value is -1.96. The molecule has 6 nitrogen and oxygen atoms in total. The number of hydrogen-bond acceptors (Lipinski definition) is 3. The lowest BCUT2D eigenvalue weighted by Gasteiger charge is -2.24. The highest BCUT2D eigenvalue weighted by atomic mass is 32.1. The van der Waals surface area contributed by atoms with Crippen LogP contribution in [0.15, 0.2) is 29.1 Å². The van der Waals surface area contributed by atoms with E-state index in [9.17, 15) is 4.79 Å². The van der Waals surface area contributed by atoms with Crippen LogP contribution in [0.4, 0.5) is 0 Å². The number of morpholine rings is 1. The summed E-state index contributed by atoms with van der Waals surface area (Å²) in [6, 6.07) is 8.05. The molecule has 0 atom stereocenters. The van der Waals surface area contributed by atoms with Crippen LogP contribution in [0.2, 0.25) is 0 Å². The number of quaternary nitrogens is 1. The SMILES string of the molecule is Cc1ccc2cc(CCNC(=S)NCC[NH+]3CCOCC3)c(=O)[nH]c2c1. The third-order valence-corrected chi connectivity index (χ3v) is 5.01. The molecule has 0 aliphatic carbocycles. The normalized spacial score (nSPS) is 15.1.